The molecule has 3 aromatic carbocycles. The molecule has 0 atom stereocenters. The molecule has 182 valence electrons. The third-order valence-electron chi connectivity index (χ3n) is 5.85. The summed E-state index contributed by atoms with van der Waals surface area (Å²) in [6, 6.07) is 18.8. The molecule has 1 aliphatic rings. The number of anilines is 1. The van der Waals surface area contributed by atoms with Gasteiger partial charge in [-0.3, -0.25) is 4.98 Å². The number of aromatic nitrogens is 1. The quantitative estimate of drug-likeness (QED) is 0.286. The molecular formula is C27H27ClFN3O3. The van der Waals surface area contributed by atoms with Gasteiger partial charge in [0.25, 0.3) is 0 Å². The average molecular weight is 496 g/mol. The third-order valence-corrected chi connectivity index (χ3v) is 5.85. The lowest BCUT2D eigenvalue weighted by Gasteiger charge is -2.12. The van der Waals surface area contributed by atoms with Crippen LogP contribution in [0.2, 0.25) is 0 Å². The fourth-order valence-corrected chi connectivity index (χ4v) is 4.10. The third kappa shape index (κ3) is 5.58. The fourth-order valence-electron chi connectivity index (χ4n) is 4.10. The Morgan fingerprint density at radius 3 is 2.66 bits per heavy atom. The van der Waals surface area contributed by atoms with Crippen LogP contribution in [0.4, 0.5) is 10.1 Å². The first-order chi connectivity index (χ1) is 16.7. The molecule has 2 N–H and O–H groups in total. The van der Waals surface area contributed by atoms with Gasteiger partial charge in [0, 0.05) is 35.9 Å². The number of nitrogens with one attached hydrogen (secondary N) is 2. The minimum atomic E-state index is -0.259. The zero-order chi connectivity index (χ0) is 23.3. The number of pyridine rings is 1. The summed E-state index contributed by atoms with van der Waals surface area (Å²) < 4.78 is 29.7. The van der Waals surface area contributed by atoms with Crippen LogP contribution in [-0.2, 0) is 6.54 Å². The van der Waals surface area contributed by atoms with E-state index >= 15 is 0 Å². The molecule has 8 heteroatoms. The molecule has 1 aliphatic heterocycles. The second kappa shape index (κ2) is 11.3. The smallest absolute Gasteiger partial charge is 0.231 e. The van der Waals surface area contributed by atoms with Crippen LogP contribution in [0.15, 0.2) is 66.9 Å². The Balaban J connectivity index is 0.00000289. The molecule has 1 aromatic heterocycles. The average Bonchev–Trinajstić information content (AvgIpc) is 3.34. The summed E-state index contributed by atoms with van der Waals surface area (Å²) in [7, 11) is 1.60. The minimum Gasteiger partial charge on any atom is -0.496 e. The highest BCUT2D eigenvalue weighted by Crippen LogP contribution is 2.36. The number of methoxy groups -OCH3 is 1. The molecule has 0 unspecified atom stereocenters. The molecule has 0 spiro atoms. The van der Waals surface area contributed by atoms with Crippen molar-refractivity contribution < 1.29 is 18.6 Å². The highest BCUT2D eigenvalue weighted by Gasteiger charge is 2.14. The van der Waals surface area contributed by atoms with Crippen LogP contribution in [-0.4, -0.2) is 32.0 Å². The molecule has 4 aromatic rings. The van der Waals surface area contributed by atoms with Crippen molar-refractivity contribution in [2.24, 2.45) is 0 Å². The van der Waals surface area contributed by atoms with E-state index in [0.717, 1.165) is 64.3 Å². The van der Waals surface area contributed by atoms with Gasteiger partial charge in [0.1, 0.15) is 11.6 Å². The largest absolute Gasteiger partial charge is 0.496 e. The first-order valence-electron chi connectivity index (χ1n) is 11.3. The van der Waals surface area contributed by atoms with E-state index in [1.807, 2.05) is 30.5 Å². The number of hydrogen-bond acceptors (Lipinski definition) is 6. The summed E-state index contributed by atoms with van der Waals surface area (Å²) in [6.45, 7) is 2.42. The molecule has 0 radical (unpaired) electrons. The predicted octanol–water partition coefficient (Wildman–Crippen LogP) is 5.79. The summed E-state index contributed by atoms with van der Waals surface area (Å²) in [5.41, 5.74) is 4.93. The number of halogens is 2. The number of fused-ring (bicyclic) bond motifs is 2. The maximum Gasteiger partial charge on any atom is 0.231 e. The van der Waals surface area contributed by atoms with E-state index < -0.39 is 0 Å². The van der Waals surface area contributed by atoms with Gasteiger partial charge in [0.2, 0.25) is 6.79 Å². The van der Waals surface area contributed by atoms with Gasteiger partial charge < -0.3 is 24.8 Å². The number of hydrogen-bond donors (Lipinski definition) is 2. The maximum absolute atomic E-state index is 13.5. The standard InChI is InChI=1S/C27H26FN3O3.ClH/c1-32-25-8-5-21(28)13-20(25)16-29-10-2-11-30-23-9-12-31-24-14-18(3-6-22(23)24)19-4-7-26-27(15-19)34-17-33-26;/h3-9,12-15,29H,2,10-11,16-17H2,1H3,(H,30,31);1H. The molecule has 0 saturated heterocycles. The van der Waals surface area contributed by atoms with E-state index in [0.29, 0.717) is 12.3 Å². The lowest BCUT2D eigenvalue weighted by atomic mass is 10.0. The normalized spacial score (nSPS) is 11.8. The molecule has 0 aliphatic carbocycles. The van der Waals surface area contributed by atoms with Crippen molar-refractivity contribution in [1.82, 2.24) is 10.3 Å². The summed E-state index contributed by atoms with van der Waals surface area (Å²) in [4.78, 5) is 4.56. The second-order valence-corrected chi connectivity index (χ2v) is 8.07. The van der Waals surface area contributed by atoms with Gasteiger partial charge in [-0.1, -0.05) is 18.2 Å². The van der Waals surface area contributed by atoms with Gasteiger partial charge in [0.05, 0.1) is 12.6 Å². The minimum absolute atomic E-state index is 0. The predicted molar refractivity (Wildman–Crippen MR) is 138 cm³/mol. The number of ether oxygens (including phenoxy) is 3. The summed E-state index contributed by atoms with van der Waals surface area (Å²) in [5.74, 6) is 1.98. The molecule has 2 heterocycles. The molecule has 0 saturated carbocycles. The zero-order valence-electron chi connectivity index (χ0n) is 19.3. The monoisotopic (exact) mass is 495 g/mol. The van der Waals surface area contributed by atoms with Crippen molar-refractivity contribution in [3.63, 3.8) is 0 Å². The van der Waals surface area contributed by atoms with Crippen LogP contribution >= 0.6 is 12.4 Å². The van der Waals surface area contributed by atoms with Crippen LogP contribution in [0, 0.1) is 5.82 Å². The first-order valence-corrected chi connectivity index (χ1v) is 11.3. The van der Waals surface area contributed by atoms with E-state index in [1.54, 1.807) is 13.2 Å². The fraction of sp³-hybridized carbons (Fsp3) is 0.222. The molecule has 6 nitrogen and oxygen atoms in total. The van der Waals surface area contributed by atoms with E-state index in [9.17, 15) is 4.39 Å². The SMILES string of the molecule is COc1ccc(F)cc1CNCCCNc1ccnc2cc(-c3ccc4c(c3)OCO4)ccc12.Cl. The maximum atomic E-state index is 13.5. The Morgan fingerprint density at radius 2 is 1.77 bits per heavy atom. The summed E-state index contributed by atoms with van der Waals surface area (Å²) >= 11 is 0. The van der Waals surface area contributed by atoms with Crippen LogP contribution in [0.5, 0.6) is 17.2 Å². The Morgan fingerprint density at radius 1 is 0.943 bits per heavy atom. The Kier molecular flexibility index (Phi) is 7.90. The van der Waals surface area contributed by atoms with Crippen molar-refractivity contribution in [3.05, 3.63) is 78.2 Å². The highest BCUT2D eigenvalue weighted by atomic mass is 35.5. The molecular weight excluding hydrogens is 469 g/mol. The van der Waals surface area contributed by atoms with Crippen LogP contribution in [0.1, 0.15) is 12.0 Å². The van der Waals surface area contributed by atoms with Crippen LogP contribution < -0.4 is 24.8 Å². The number of benzene rings is 3. The Hall–Kier alpha value is -3.55. The van der Waals surface area contributed by atoms with Gasteiger partial charge in [-0.05, 0) is 66.6 Å². The van der Waals surface area contributed by atoms with Gasteiger partial charge in [-0.25, -0.2) is 4.39 Å². The van der Waals surface area contributed by atoms with E-state index in [2.05, 4.69) is 33.8 Å². The number of nitrogens with zero attached hydrogens (tertiary/aromatic N) is 1. The van der Waals surface area contributed by atoms with Crippen molar-refractivity contribution in [1.29, 1.82) is 0 Å². The summed E-state index contributed by atoms with van der Waals surface area (Å²) in [6.07, 6.45) is 2.74. The van der Waals surface area contributed by atoms with Gasteiger partial charge >= 0.3 is 0 Å². The van der Waals surface area contributed by atoms with Gasteiger partial charge in [-0.2, -0.15) is 0 Å². The van der Waals surface area contributed by atoms with E-state index in [1.165, 1.54) is 12.1 Å². The number of rotatable bonds is 9. The van der Waals surface area contributed by atoms with Gasteiger partial charge in [0.15, 0.2) is 11.5 Å². The summed E-state index contributed by atoms with van der Waals surface area (Å²) in [5, 5.41) is 7.94. The molecule has 35 heavy (non-hydrogen) atoms. The molecule has 5 rings (SSSR count). The highest BCUT2D eigenvalue weighted by molar-refractivity contribution is 5.93. The topological polar surface area (TPSA) is 64.6 Å². The zero-order valence-corrected chi connectivity index (χ0v) is 20.2. The Bertz CT molecular complexity index is 1320. The first kappa shape index (κ1) is 24.6. The van der Waals surface area contributed by atoms with Crippen molar-refractivity contribution in [2.75, 3.05) is 32.3 Å². The molecule has 0 fully saturated rings. The van der Waals surface area contributed by atoms with Crippen LogP contribution in [0.25, 0.3) is 22.0 Å². The van der Waals surface area contributed by atoms with E-state index in [4.69, 9.17) is 14.2 Å². The molecule has 0 bridgehead atoms. The van der Waals surface area contributed by atoms with Crippen LogP contribution in [0.3, 0.4) is 0 Å². The molecule has 0 amide bonds. The van der Waals surface area contributed by atoms with Crippen molar-refractivity contribution in [3.8, 4) is 28.4 Å². The lowest BCUT2D eigenvalue weighted by Crippen LogP contribution is -2.18. The Labute approximate surface area is 209 Å². The van der Waals surface area contributed by atoms with E-state index in [-0.39, 0.29) is 25.0 Å². The lowest BCUT2D eigenvalue weighted by molar-refractivity contribution is 0.174. The van der Waals surface area contributed by atoms with Crippen molar-refractivity contribution in [2.45, 2.75) is 13.0 Å². The van der Waals surface area contributed by atoms with Crippen molar-refractivity contribution >= 4 is 29.0 Å². The van der Waals surface area contributed by atoms with Gasteiger partial charge in [-0.15, -0.1) is 12.4 Å². The second-order valence-electron chi connectivity index (χ2n) is 8.07.